The van der Waals surface area contributed by atoms with Gasteiger partial charge in [-0.15, -0.1) is 0 Å². The van der Waals surface area contributed by atoms with E-state index in [1.807, 2.05) is 30.0 Å². The first kappa shape index (κ1) is 15.4. The zero-order valence-corrected chi connectivity index (χ0v) is 13.5. The number of hydrogen-bond acceptors (Lipinski definition) is 5. The molecule has 120 valence electrons. The van der Waals surface area contributed by atoms with Crippen LogP contribution in [0.15, 0.2) is 30.6 Å². The Bertz CT molecular complexity index is 703. The van der Waals surface area contributed by atoms with Gasteiger partial charge in [0.05, 0.1) is 11.9 Å². The number of carbonyl (C=O) groups is 1. The molecule has 0 bridgehead atoms. The fourth-order valence-electron chi connectivity index (χ4n) is 2.89. The minimum atomic E-state index is 0.126. The van der Waals surface area contributed by atoms with Crippen LogP contribution in [0.1, 0.15) is 37.1 Å². The number of hydrogen-bond donors (Lipinski definition) is 1. The van der Waals surface area contributed by atoms with Crippen molar-refractivity contribution in [2.75, 3.05) is 18.4 Å². The SMILES string of the molecule is CC(=O)N1CCC[C@H](c2cncc(Nc3cccc(C)n3)n2)C1. The second-order valence-electron chi connectivity index (χ2n) is 5.92. The van der Waals surface area contributed by atoms with Crippen molar-refractivity contribution < 1.29 is 4.79 Å². The third-order valence-corrected chi connectivity index (χ3v) is 4.08. The number of nitrogens with zero attached hydrogens (tertiary/aromatic N) is 4. The van der Waals surface area contributed by atoms with E-state index in [0.717, 1.165) is 43.1 Å². The Balaban J connectivity index is 1.75. The van der Waals surface area contributed by atoms with Gasteiger partial charge in [-0.25, -0.2) is 9.97 Å². The van der Waals surface area contributed by atoms with Crippen LogP contribution >= 0.6 is 0 Å². The summed E-state index contributed by atoms with van der Waals surface area (Å²) in [4.78, 5) is 26.8. The Labute approximate surface area is 136 Å². The molecule has 1 N–H and O–H groups in total. The summed E-state index contributed by atoms with van der Waals surface area (Å²) in [5, 5.41) is 3.19. The Morgan fingerprint density at radius 3 is 2.91 bits per heavy atom. The van der Waals surface area contributed by atoms with Crippen molar-refractivity contribution >= 4 is 17.5 Å². The van der Waals surface area contributed by atoms with Crippen LogP contribution in [0.3, 0.4) is 0 Å². The number of carbonyl (C=O) groups excluding carboxylic acids is 1. The van der Waals surface area contributed by atoms with Gasteiger partial charge >= 0.3 is 0 Å². The zero-order valence-electron chi connectivity index (χ0n) is 13.5. The van der Waals surface area contributed by atoms with Crippen LogP contribution in [0.25, 0.3) is 0 Å². The van der Waals surface area contributed by atoms with Crippen molar-refractivity contribution in [3.05, 3.63) is 42.0 Å². The quantitative estimate of drug-likeness (QED) is 0.943. The fourth-order valence-corrected chi connectivity index (χ4v) is 2.89. The summed E-state index contributed by atoms with van der Waals surface area (Å²) >= 11 is 0. The second-order valence-corrected chi connectivity index (χ2v) is 5.92. The van der Waals surface area contributed by atoms with Crippen LogP contribution in [-0.2, 0) is 4.79 Å². The first-order valence-corrected chi connectivity index (χ1v) is 7.90. The monoisotopic (exact) mass is 311 g/mol. The highest BCUT2D eigenvalue weighted by molar-refractivity contribution is 5.73. The minimum absolute atomic E-state index is 0.126. The van der Waals surface area contributed by atoms with Crippen molar-refractivity contribution in [2.45, 2.75) is 32.6 Å². The van der Waals surface area contributed by atoms with Crippen LogP contribution in [0.4, 0.5) is 11.6 Å². The van der Waals surface area contributed by atoms with Gasteiger partial charge in [0.2, 0.25) is 5.91 Å². The van der Waals surface area contributed by atoms with Gasteiger partial charge < -0.3 is 10.2 Å². The summed E-state index contributed by atoms with van der Waals surface area (Å²) in [6.07, 6.45) is 5.52. The molecule has 0 unspecified atom stereocenters. The molecule has 3 heterocycles. The molecule has 0 saturated carbocycles. The third kappa shape index (κ3) is 3.83. The van der Waals surface area contributed by atoms with Crippen LogP contribution in [0, 0.1) is 6.92 Å². The first-order chi connectivity index (χ1) is 11.1. The Morgan fingerprint density at radius 1 is 1.26 bits per heavy atom. The summed E-state index contributed by atoms with van der Waals surface area (Å²) < 4.78 is 0. The van der Waals surface area contributed by atoms with Gasteiger partial charge in [-0.2, -0.15) is 0 Å². The normalized spacial score (nSPS) is 17.8. The van der Waals surface area contributed by atoms with E-state index in [-0.39, 0.29) is 11.8 Å². The van der Waals surface area contributed by atoms with Gasteiger partial charge in [0.25, 0.3) is 0 Å². The highest BCUT2D eigenvalue weighted by atomic mass is 16.2. The highest BCUT2D eigenvalue weighted by Crippen LogP contribution is 2.26. The molecule has 23 heavy (non-hydrogen) atoms. The van der Waals surface area contributed by atoms with Crippen molar-refractivity contribution in [2.24, 2.45) is 0 Å². The Morgan fingerprint density at radius 2 is 2.13 bits per heavy atom. The lowest BCUT2D eigenvalue weighted by atomic mass is 9.95. The number of likely N-dealkylation sites (tertiary alicyclic amines) is 1. The Kier molecular flexibility index (Phi) is 4.50. The molecule has 1 saturated heterocycles. The number of anilines is 2. The molecule has 6 heteroatoms. The highest BCUT2D eigenvalue weighted by Gasteiger charge is 2.24. The van der Waals surface area contributed by atoms with E-state index in [4.69, 9.17) is 0 Å². The number of aryl methyl sites for hydroxylation is 1. The lowest BCUT2D eigenvalue weighted by Crippen LogP contribution is -2.37. The van der Waals surface area contributed by atoms with Gasteiger partial charge in [-0.1, -0.05) is 6.07 Å². The fraction of sp³-hybridized carbons (Fsp3) is 0.412. The molecule has 1 atom stereocenters. The average molecular weight is 311 g/mol. The Hall–Kier alpha value is -2.50. The van der Waals surface area contributed by atoms with Crippen LogP contribution in [-0.4, -0.2) is 38.8 Å². The molecular weight excluding hydrogens is 290 g/mol. The topological polar surface area (TPSA) is 71.0 Å². The van der Waals surface area contributed by atoms with E-state index in [9.17, 15) is 4.79 Å². The number of pyridine rings is 1. The summed E-state index contributed by atoms with van der Waals surface area (Å²) in [5.74, 6) is 1.80. The molecule has 2 aromatic rings. The van der Waals surface area contributed by atoms with E-state index in [1.165, 1.54) is 0 Å². The maximum Gasteiger partial charge on any atom is 0.219 e. The van der Waals surface area contributed by atoms with Gasteiger partial charge in [0.15, 0.2) is 0 Å². The third-order valence-electron chi connectivity index (χ3n) is 4.08. The number of aromatic nitrogens is 3. The molecule has 1 fully saturated rings. The average Bonchev–Trinajstić information content (AvgIpc) is 2.55. The lowest BCUT2D eigenvalue weighted by molar-refractivity contribution is -0.130. The largest absolute Gasteiger partial charge is 0.342 e. The molecule has 0 spiro atoms. The molecule has 0 aliphatic carbocycles. The predicted octanol–water partition coefficient (Wildman–Crippen LogP) is 2.65. The lowest BCUT2D eigenvalue weighted by Gasteiger charge is -2.31. The molecule has 2 aromatic heterocycles. The van der Waals surface area contributed by atoms with Crippen LogP contribution in [0.2, 0.25) is 0 Å². The maximum absolute atomic E-state index is 11.6. The molecular formula is C17H21N5O. The van der Waals surface area contributed by atoms with Crippen molar-refractivity contribution in [3.63, 3.8) is 0 Å². The number of amides is 1. The van der Waals surface area contributed by atoms with Gasteiger partial charge in [0, 0.05) is 37.8 Å². The minimum Gasteiger partial charge on any atom is -0.342 e. The number of rotatable bonds is 3. The second kappa shape index (κ2) is 6.73. The van der Waals surface area contributed by atoms with Gasteiger partial charge in [-0.3, -0.25) is 9.78 Å². The standard InChI is InChI=1S/C17H21N5O/c1-12-5-3-7-16(19-12)21-17-10-18-9-15(20-17)14-6-4-8-22(11-14)13(2)23/h3,5,7,9-10,14H,4,6,8,11H2,1-2H3,(H,19,20,21)/t14-/m0/s1. The van der Waals surface area contributed by atoms with Crippen molar-refractivity contribution in [3.8, 4) is 0 Å². The molecule has 3 rings (SSSR count). The summed E-state index contributed by atoms with van der Waals surface area (Å²) in [7, 11) is 0. The van der Waals surface area contributed by atoms with Crippen molar-refractivity contribution in [1.82, 2.24) is 19.9 Å². The van der Waals surface area contributed by atoms with E-state index >= 15 is 0 Å². The maximum atomic E-state index is 11.6. The molecule has 1 aliphatic heterocycles. The molecule has 1 amide bonds. The summed E-state index contributed by atoms with van der Waals surface area (Å²) in [6.45, 7) is 5.13. The van der Waals surface area contributed by atoms with E-state index in [0.29, 0.717) is 5.82 Å². The first-order valence-electron chi connectivity index (χ1n) is 7.90. The van der Waals surface area contributed by atoms with Gasteiger partial charge in [0.1, 0.15) is 11.6 Å². The molecule has 1 aliphatic rings. The van der Waals surface area contributed by atoms with Crippen LogP contribution in [0.5, 0.6) is 0 Å². The smallest absolute Gasteiger partial charge is 0.219 e. The summed E-state index contributed by atoms with van der Waals surface area (Å²) in [6, 6.07) is 5.80. The molecule has 6 nitrogen and oxygen atoms in total. The van der Waals surface area contributed by atoms with Crippen LogP contribution < -0.4 is 5.32 Å². The zero-order chi connectivity index (χ0) is 16.2. The number of nitrogens with one attached hydrogen (secondary N) is 1. The van der Waals surface area contributed by atoms with E-state index < -0.39 is 0 Å². The van der Waals surface area contributed by atoms with E-state index in [1.54, 1.807) is 19.3 Å². The van der Waals surface area contributed by atoms with E-state index in [2.05, 4.69) is 20.3 Å². The molecule has 0 aromatic carbocycles. The van der Waals surface area contributed by atoms with Gasteiger partial charge in [-0.05, 0) is 31.9 Å². The summed E-state index contributed by atoms with van der Waals surface area (Å²) in [5.41, 5.74) is 1.87. The predicted molar refractivity (Wildman–Crippen MR) is 88.5 cm³/mol. The number of piperidine rings is 1. The molecule has 0 radical (unpaired) electrons. The van der Waals surface area contributed by atoms with Crippen molar-refractivity contribution in [1.29, 1.82) is 0 Å².